The number of fused-ring (bicyclic) bond motifs is 3. The van der Waals surface area contributed by atoms with Gasteiger partial charge in [-0.05, 0) is 0 Å². The van der Waals surface area contributed by atoms with Gasteiger partial charge in [0.15, 0.2) is 0 Å². The summed E-state index contributed by atoms with van der Waals surface area (Å²) in [6.45, 7) is 13.9. The fourth-order valence-electron chi connectivity index (χ4n) is 8.07. The summed E-state index contributed by atoms with van der Waals surface area (Å²) in [7, 11) is 16.8. The summed E-state index contributed by atoms with van der Waals surface area (Å²) in [4.78, 5) is 0. The van der Waals surface area contributed by atoms with E-state index in [0.29, 0.717) is 0 Å². The number of halogens is 2. The zero-order chi connectivity index (χ0) is 31.7. The molecule has 227 valence electrons. The van der Waals surface area contributed by atoms with E-state index in [1.807, 2.05) is 0 Å². The van der Waals surface area contributed by atoms with Gasteiger partial charge in [-0.2, -0.15) is 0 Å². The molecule has 0 aliphatic heterocycles. The van der Waals surface area contributed by atoms with Gasteiger partial charge < -0.3 is 0 Å². The van der Waals surface area contributed by atoms with E-state index < -0.39 is 21.5 Å². The van der Waals surface area contributed by atoms with E-state index in [1.54, 1.807) is 0 Å². The third-order valence-electron chi connectivity index (χ3n) is 10.6. The van der Waals surface area contributed by atoms with Crippen LogP contribution >= 0.6 is 17.0 Å². The third kappa shape index (κ3) is 4.86. The van der Waals surface area contributed by atoms with E-state index >= 15 is 0 Å². The molecule has 0 saturated carbocycles. The van der Waals surface area contributed by atoms with Crippen LogP contribution in [0.5, 0.6) is 0 Å². The molecular formula is C41H41Cl2SiZr. The Morgan fingerprint density at radius 2 is 1.29 bits per heavy atom. The van der Waals surface area contributed by atoms with Crippen LogP contribution in [0.25, 0.3) is 45.2 Å². The van der Waals surface area contributed by atoms with Crippen LogP contribution in [0, 0.1) is 0 Å². The Labute approximate surface area is 277 Å². The SMILES string of the molecule is CC1=Cc2c(-c3ccc(C(C)(C)C)cc3)cccc2[CH]1[Zr]([Cl])([Cl])([CH]1C=Cc2c(-c3cccc4ccccc34)cccc21)[SiH](C)C. The van der Waals surface area contributed by atoms with E-state index in [9.17, 15) is 0 Å². The quantitative estimate of drug-likeness (QED) is 0.158. The van der Waals surface area contributed by atoms with Crippen molar-refractivity contribution in [3.63, 3.8) is 0 Å². The van der Waals surface area contributed by atoms with Crippen molar-refractivity contribution in [1.29, 1.82) is 0 Å². The Bertz CT molecular complexity index is 2020. The van der Waals surface area contributed by atoms with Gasteiger partial charge in [0.2, 0.25) is 0 Å². The minimum atomic E-state index is -4.68. The summed E-state index contributed by atoms with van der Waals surface area (Å²) >= 11 is -4.68. The first-order valence-electron chi connectivity index (χ1n) is 16.2. The summed E-state index contributed by atoms with van der Waals surface area (Å²) in [5.74, 6) is -1.57. The normalized spacial score (nSPS) is 18.5. The molecule has 0 heterocycles. The first-order chi connectivity index (χ1) is 21.4. The van der Waals surface area contributed by atoms with Crippen LogP contribution in [0.1, 0.15) is 62.8 Å². The van der Waals surface area contributed by atoms with Gasteiger partial charge in [-0.1, -0.05) is 0 Å². The van der Waals surface area contributed by atoms with Crippen molar-refractivity contribution in [3.05, 3.63) is 143 Å². The average molecular weight is 724 g/mol. The minimum absolute atomic E-state index is 0.0698. The van der Waals surface area contributed by atoms with Crippen molar-refractivity contribution in [2.24, 2.45) is 0 Å². The molecule has 5 aromatic carbocycles. The molecule has 2 atom stereocenters. The Hall–Kier alpha value is -2.48. The van der Waals surface area contributed by atoms with Crippen molar-refractivity contribution >= 4 is 45.9 Å². The molecule has 2 aliphatic carbocycles. The van der Waals surface area contributed by atoms with Gasteiger partial charge in [-0.25, -0.2) is 0 Å². The summed E-state index contributed by atoms with van der Waals surface area (Å²) in [6.07, 6.45) is 7.11. The van der Waals surface area contributed by atoms with E-state index in [0.717, 1.165) is 0 Å². The van der Waals surface area contributed by atoms with Crippen molar-refractivity contribution < 1.29 is 15.6 Å². The molecule has 5 aromatic rings. The first kappa shape index (κ1) is 31.1. The van der Waals surface area contributed by atoms with E-state index in [-0.39, 0.29) is 12.7 Å². The van der Waals surface area contributed by atoms with Crippen molar-refractivity contribution in [2.75, 3.05) is 0 Å². The number of rotatable bonds is 5. The van der Waals surface area contributed by atoms with Crippen LogP contribution in [0.15, 0.2) is 115 Å². The van der Waals surface area contributed by atoms with Crippen molar-refractivity contribution in [1.82, 2.24) is 0 Å². The van der Waals surface area contributed by atoms with Crippen LogP contribution in [0.4, 0.5) is 0 Å². The van der Waals surface area contributed by atoms with Crippen LogP contribution in [0.3, 0.4) is 0 Å². The summed E-state index contributed by atoms with van der Waals surface area (Å²) in [5.41, 5.74) is 13.1. The van der Waals surface area contributed by atoms with Crippen molar-refractivity contribution in [3.8, 4) is 22.3 Å². The molecule has 0 fully saturated rings. The van der Waals surface area contributed by atoms with Gasteiger partial charge in [-0.3, -0.25) is 0 Å². The maximum absolute atomic E-state index is 8.40. The van der Waals surface area contributed by atoms with Crippen molar-refractivity contribution in [2.45, 2.75) is 53.5 Å². The molecular weight excluding hydrogens is 683 g/mol. The molecule has 2 aliphatic rings. The Kier molecular flexibility index (Phi) is 7.65. The number of hydrogen-bond acceptors (Lipinski definition) is 0. The van der Waals surface area contributed by atoms with Crippen LogP contribution in [-0.2, 0) is 21.0 Å². The summed E-state index contributed by atoms with van der Waals surface area (Å²) < 4.78 is 0.160. The standard InChI is InChI=1S/C20H21.C19H13.C2H7Si.2ClH.Zr/c1-14-12-16-6-5-7-18(19(16)13-14)15-8-10-17(11-9-15)20(2,3)4;1-2-10-16-14(6-1)8-4-12-18(16)19-13-5-9-15-7-3-11-17(15)19;1-3-2;;;/h5-13H,1-4H3;1-13H;3H,1-2H3;2*1H;/q;;;;;+2/p-2. The molecule has 4 heteroatoms. The van der Waals surface area contributed by atoms with E-state index in [1.165, 1.54) is 66.4 Å². The molecule has 0 amide bonds. The molecule has 0 aromatic heterocycles. The zero-order valence-electron chi connectivity index (χ0n) is 27.0. The first-order valence-corrected chi connectivity index (χ1v) is 32.5. The molecule has 0 N–H and O–H groups in total. The maximum atomic E-state index is 8.40. The second-order valence-electron chi connectivity index (χ2n) is 14.5. The summed E-state index contributed by atoms with van der Waals surface area (Å²) in [5, 5.41) is 2.53. The molecule has 45 heavy (non-hydrogen) atoms. The molecule has 0 saturated heterocycles. The van der Waals surface area contributed by atoms with Gasteiger partial charge in [-0.15, -0.1) is 0 Å². The van der Waals surface area contributed by atoms with Crippen LogP contribution in [0.2, 0.25) is 13.1 Å². The monoisotopic (exact) mass is 721 g/mol. The Morgan fingerprint density at radius 3 is 2.00 bits per heavy atom. The predicted octanol–water partition coefficient (Wildman–Crippen LogP) is 12.7. The Balaban J connectivity index is 1.36. The molecule has 0 bridgehead atoms. The fourth-order valence-corrected chi connectivity index (χ4v) is 38.2. The van der Waals surface area contributed by atoms with E-state index in [2.05, 4.69) is 162 Å². The van der Waals surface area contributed by atoms with Gasteiger partial charge in [0.1, 0.15) is 0 Å². The predicted molar refractivity (Wildman–Crippen MR) is 199 cm³/mol. The zero-order valence-corrected chi connectivity index (χ0v) is 32.2. The molecule has 0 spiro atoms. The van der Waals surface area contributed by atoms with Crippen LogP contribution in [-0.4, -0.2) is 5.92 Å². The second-order valence-corrected chi connectivity index (χ2v) is 57.1. The second kappa shape index (κ2) is 11.1. The van der Waals surface area contributed by atoms with Gasteiger partial charge in [0.05, 0.1) is 0 Å². The van der Waals surface area contributed by atoms with Gasteiger partial charge in [0.25, 0.3) is 0 Å². The molecule has 0 nitrogen and oxygen atoms in total. The summed E-state index contributed by atoms with van der Waals surface area (Å²) in [6, 6.07) is 37.9. The average Bonchev–Trinajstić information content (AvgIpc) is 3.62. The molecule has 0 radical (unpaired) electrons. The fraction of sp³-hybridized carbons (Fsp3) is 0.220. The van der Waals surface area contributed by atoms with Gasteiger partial charge >= 0.3 is 280 Å². The van der Waals surface area contributed by atoms with Crippen LogP contribution < -0.4 is 0 Å². The number of hydrogen-bond donors (Lipinski definition) is 0. The molecule has 7 rings (SSSR count). The van der Waals surface area contributed by atoms with Gasteiger partial charge in [0, 0.05) is 0 Å². The number of allylic oxidation sites excluding steroid dienone is 2. The topological polar surface area (TPSA) is 0 Å². The number of benzene rings is 5. The Morgan fingerprint density at radius 1 is 0.667 bits per heavy atom. The third-order valence-corrected chi connectivity index (χ3v) is 62.8. The molecule has 2 unspecified atom stereocenters. The van der Waals surface area contributed by atoms with E-state index in [4.69, 9.17) is 17.0 Å².